The van der Waals surface area contributed by atoms with Crippen LogP contribution in [0.1, 0.15) is 45.0 Å². The first kappa shape index (κ1) is 28.1. The summed E-state index contributed by atoms with van der Waals surface area (Å²) in [5.74, 6) is 0.0801. The first-order valence-electron chi connectivity index (χ1n) is 12.1. The van der Waals surface area contributed by atoms with Crippen LogP contribution in [0.3, 0.4) is 0 Å². The minimum Gasteiger partial charge on any atom is -0.496 e. The van der Waals surface area contributed by atoms with Crippen molar-refractivity contribution in [2.24, 2.45) is 0 Å². The fourth-order valence-electron chi connectivity index (χ4n) is 3.97. The van der Waals surface area contributed by atoms with Crippen molar-refractivity contribution in [3.63, 3.8) is 0 Å². The zero-order valence-electron chi connectivity index (χ0n) is 22.2. The Balaban J connectivity index is 1.63. The number of amides is 1. The van der Waals surface area contributed by atoms with E-state index in [1.807, 2.05) is 60.0 Å². The lowest BCUT2D eigenvalue weighted by Gasteiger charge is -2.13. The summed E-state index contributed by atoms with van der Waals surface area (Å²) >= 11 is 2.27. The second-order valence-corrected chi connectivity index (χ2v) is 10.5. The molecule has 0 fully saturated rings. The number of ether oxygens (including phenoxy) is 2. The van der Waals surface area contributed by atoms with Crippen LogP contribution in [0.25, 0.3) is 17.1 Å². The molecule has 2 aromatic heterocycles. The molecule has 1 amide bonds. The normalized spacial score (nSPS) is 10.8. The van der Waals surface area contributed by atoms with Gasteiger partial charge in [-0.2, -0.15) is 0 Å². The summed E-state index contributed by atoms with van der Waals surface area (Å²) in [6.07, 6.45) is 0. The number of carbonyl (C=O) groups is 3. The van der Waals surface area contributed by atoms with Gasteiger partial charge in [0.25, 0.3) is 0 Å². The highest BCUT2D eigenvalue weighted by Gasteiger charge is 2.26. The second-order valence-electron chi connectivity index (χ2n) is 8.55. The summed E-state index contributed by atoms with van der Waals surface area (Å²) in [5.41, 5.74) is 3.39. The fraction of sp³-hybridized carbons (Fsp3) is 0.250. The Hall–Kier alpha value is -3.96. The highest BCUT2D eigenvalue weighted by molar-refractivity contribution is 7.99. The first-order valence-corrected chi connectivity index (χ1v) is 13.9. The molecule has 0 bridgehead atoms. The Bertz CT molecular complexity index is 1530. The largest absolute Gasteiger partial charge is 0.496 e. The van der Waals surface area contributed by atoms with Crippen LogP contribution in [0.2, 0.25) is 0 Å². The average molecular weight is 565 g/mol. The van der Waals surface area contributed by atoms with Gasteiger partial charge >= 0.3 is 5.97 Å². The number of carbonyl (C=O) groups excluding carboxylic acids is 3. The molecule has 0 saturated heterocycles. The van der Waals surface area contributed by atoms with E-state index in [9.17, 15) is 14.4 Å². The van der Waals surface area contributed by atoms with Crippen molar-refractivity contribution >= 4 is 45.8 Å². The molecule has 0 aliphatic rings. The number of esters is 1. The number of thiophene rings is 1. The number of hydrogen-bond acceptors (Lipinski definition) is 9. The van der Waals surface area contributed by atoms with E-state index in [2.05, 4.69) is 15.5 Å². The van der Waals surface area contributed by atoms with Gasteiger partial charge in [0, 0.05) is 5.69 Å². The van der Waals surface area contributed by atoms with Crippen LogP contribution >= 0.6 is 23.1 Å². The Morgan fingerprint density at radius 2 is 1.77 bits per heavy atom. The first-order chi connectivity index (χ1) is 18.7. The lowest BCUT2D eigenvalue weighted by molar-refractivity contribution is -0.113. The molecule has 4 aromatic rings. The third-order valence-electron chi connectivity index (χ3n) is 5.80. The van der Waals surface area contributed by atoms with E-state index in [0.717, 1.165) is 28.2 Å². The molecule has 0 unspecified atom stereocenters. The smallest absolute Gasteiger partial charge is 0.341 e. The maximum absolute atomic E-state index is 13.0. The molecule has 4 rings (SSSR count). The minimum atomic E-state index is -0.581. The zero-order valence-corrected chi connectivity index (χ0v) is 23.9. The summed E-state index contributed by atoms with van der Waals surface area (Å²) in [5, 5.41) is 12.4. The van der Waals surface area contributed by atoms with Crippen molar-refractivity contribution in [2.75, 3.05) is 24.8 Å². The van der Waals surface area contributed by atoms with Crippen LogP contribution in [-0.2, 0) is 9.53 Å². The van der Waals surface area contributed by atoms with Gasteiger partial charge in [-0.25, -0.2) is 4.79 Å². The van der Waals surface area contributed by atoms with Crippen LogP contribution in [0, 0.1) is 13.8 Å². The van der Waals surface area contributed by atoms with Gasteiger partial charge in [0.15, 0.2) is 16.8 Å². The molecule has 0 aliphatic carbocycles. The topological polar surface area (TPSA) is 112 Å². The molecule has 39 heavy (non-hydrogen) atoms. The number of Topliss-reactive ketones (excluding diaryl/α,β-unsaturated/α-hetero) is 1. The molecule has 0 aliphatic heterocycles. The summed E-state index contributed by atoms with van der Waals surface area (Å²) in [4.78, 5) is 38.1. The van der Waals surface area contributed by atoms with Crippen LogP contribution in [0.15, 0.2) is 53.7 Å². The summed E-state index contributed by atoms with van der Waals surface area (Å²) in [7, 11) is 1.60. The Morgan fingerprint density at radius 1 is 1.05 bits per heavy atom. The van der Waals surface area contributed by atoms with Crippen molar-refractivity contribution in [2.45, 2.75) is 32.9 Å². The number of hydrogen-bond donors (Lipinski definition) is 1. The Morgan fingerprint density at radius 3 is 2.44 bits per heavy atom. The van der Waals surface area contributed by atoms with Gasteiger partial charge < -0.3 is 14.8 Å². The van der Waals surface area contributed by atoms with Gasteiger partial charge in [0.1, 0.15) is 10.8 Å². The Kier molecular flexibility index (Phi) is 8.82. The highest BCUT2D eigenvalue weighted by atomic mass is 32.2. The monoisotopic (exact) mass is 564 g/mol. The standard InChI is InChI=1S/C28H28N4O5S2/c1-6-37-27(35)23-17(3)24(18(4)33)39-26(23)29-22(34)15-38-28-31-30-25(20-9-7-8-10-21(20)36-5)32(28)19-13-11-16(2)12-14-19/h7-14H,6,15H2,1-5H3,(H,29,34). The molecular weight excluding hydrogens is 536 g/mol. The zero-order chi connectivity index (χ0) is 28.1. The van der Waals surface area contributed by atoms with Crippen LogP contribution < -0.4 is 10.1 Å². The molecular formula is C28H28N4O5S2. The number of methoxy groups -OCH3 is 1. The number of aryl methyl sites for hydroxylation is 1. The molecule has 1 N–H and O–H groups in total. The number of benzene rings is 2. The average Bonchev–Trinajstić information content (AvgIpc) is 3.48. The number of para-hydroxylation sites is 1. The van der Waals surface area contributed by atoms with Crippen molar-refractivity contribution < 1.29 is 23.9 Å². The molecule has 2 heterocycles. The summed E-state index contributed by atoms with van der Waals surface area (Å²) in [6, 6.07) is 15.4. The van der Waals surface area contributed by atoms with Crippen molar-refractivity contribution in [3.05, 3.63) is 70.1 Å². The maximum atomic E-state index is 13.0. The van der Waals surface area contributed by atoms with Crippen molar-refractivity contribution in [1.29, 1.82) is 0 Å². The fourth-order valence-corrected chi connectivity index (χ4v) is 5.83. The number of nitrogens with one attached hydrogen (secondary N) is 1. The third kappa shape index (κ3) is 6.04. The van der Waals surface area contributed by atoms with Crippen molar-refractivity contribution in [1.82, 2.24) is 14.8 Å². The molecule has 202 valence electrons. The van der Waals surface area contributed by atoms with Gasteiger partial charge in [0.05, 0.1) is 35.5 Å². The van der Waals surface area contributed by atoms with E-state index in [1.165, 1.54) is 18.7 Å². The minimum absolute atomic E-state index is 0.00939. The van der Waals surface area contributed by atoms with E-state index in [0.29, 0.717) is 27.2 Å². The van der Waals surface area contributed by atoms with Crippen LogP contribution in [-0.4, -0.2) is 51.9 Å². The number of rotatable bonds is 10. The number of ketones is 1. The summed E-state index contributed by atoms with van der Waals surface area (Å²) in [6.45, 7) is 6.98. The van der Waals surface area contributed by atoms with E-state index >= 15 is 0 Å². The van der Waals surface area contributed by atoms with E-state index in [1.54, 1.807) is 21.0 Å². The molecule has 0 spiro atoms. The Labute approximate surface area is 234 Å². The number of aromatic nitrogens is 3. The number of thioether (sulfide) groups is 1. The third-order valence-corrected chi connectivity index (χ3v) is 8.04. The van der Waals surface area contributed by atoms with Gasteiger partial charge in [-0.3, -0.25) is 14.2 Å². The molecule has 9 nitrogen and oxygen atoms in total. The molecule has 11 heteroatoms. The molecule has 0 radical (unpaired) electrons. The van der Waals surface area contributed by atoms with Gasteiger partial charge in [-0.1, -0.05) is 41.6 Å². The number of anilines is 1. The van der Waals surface area contributed by atoms with Crippen LogP contribution in [0.5, 0.6) is 5.75 Å². The number of nitrogens with zero attached hydrogens (tertiary/aromatic N) is 3. The predicted molar refractivity (Wildman–Crippen MR) is 152 cm³/mol. The second kappa shape index (κ2) is 12.3. The maximum Gasteiger partial charge on any atom is 0.341 e. The van der Waals surface area contributed by atoms with Crippen LogP contribution in [0.4, 0.5) is 5.00 Å². The quantitative estimate of drug-likeness (QED) is 0.148. The van der Waals surface area contributed by atoms with Crippen molar-refractivity contribution in [3.8, 4) is 22.8 Å². The highest BCUT2D eigenvalue weighted by Crippen LogP contribution is 2.35. The SMILES string of the molecule is CCOC(=O)c1c(NC(=O)CSc2nnc(-c3ccccc3OC)n2-c2ccc(C)cc2)sc(C(C)=O)c1C. The van der Waals surface area contributed by atoms with E-state index < -0.39 is 5.97 Å². The van der Waals surface area contributed by atoms with Gasteiger partial charge in [0.2, 0.25) is 5.91 Å². The predicted octanol–water partition coefficient (Wildman–Crippen LogP) is 5.73. The van der Waals surface area contributed by atoms with Gasteiger partial charge in [-0.15, -0.1) is 21.5 Å². The molecule has 0 saturated carbocycles. The van der Waals surface area contributed by atoms with Gasteiger partial charge in [-0.05, 0) is 57.5 Å². The lowest BCUT2D eigenvalue weighted by atomic mass is 10.1. The molecule has 2 aromatic carbocycles. The summed E-state index contributed by atoms with van der Waals surface area (Å²) < 4.78 is 12.6. The lowest BCUT2D eigenvalue weighted by Crippen LogP contribution is -2.17. The molecule has 0 atom stereocenters. The van der Waals surface area contributed by atoms with E-state index in [4.69, 9.17) is 9.47 Å². The van der Waals surface area contributed by atoms with E-state index in [-0.39, 0.29) is 34.6 Å².